The molecule has 3 rings (SSSR count). The molecule has 0 amide bonds. The van der Waals surface area contributed by atoms with Crippen molar-refractivity contribution in [3.63, 3.8) is 0 Å². The number of hydrogen-bond donors (Lipinski definition) is 1. The molecule has 1 aliphatic heterocycles. The van der Waals surface area contributed by atoms with Gasteiger partial charge in [-0.3, -0.25) is 4.90 Å². The Labute approximate surface area is 142 Å². The van der Waals surface area contributed by atoms with E-state index in [1.54, 1.807) is 11.3 Å². The Bertz CT molecular complexity index is 576. The standard InChI is InChI=1S/C13H17BrN4OS.ClH/c1-18-5-4-15-7-11(18)13-16-12(19-17-13)3-2-10-6-9(14)8-20-10;/h6,8,11,15H,2-5,7H2,1H3;1H. The second kappa shape index (κ2) is 7.69. The molecule has 0 spiro atoms. The third kappa shape index (κ3) is 4.26. The van der Waals surface area contributed by atoms with Gasteiger partial charge in [0.05, 0.1) is 6.04 Å². The summed E-state index contributed by atoms with van der Waals surface area (Å²) in [4.78, 5) is 8.13. The highest BCUT2D eigenvalue weighted by Gasteiger charge is 2.25. The highest BCUT2D eigenvalue weighted by Crippen LogP contribution is 2.22. The molecular weight excluding hydrogens is 376 g/mol. The van der Waals surface area contributed by atoms with Crippen LogP contribution in [0.2, 0.25) is 0 Å². The monoisotopic (exact) mass is 392 g/mol. The number of thiophene rings is 1. The van der Waals surface area contributed by atoms with Crippen molar-refractivity contribution in [2.75, 3.05) is 26.7 Å². The van der Waals surface area contributed by atoms with Crippen molar-refractivity contribution in [1.82, 2.24) is 20.4 Å². The van der Waals surface area contributed by atoms with Crippen molar-refractivity contribution in [2.45, 2.75) is 18.9 Å². The topological polar surface area (TPSA) is 54.2 Å². The van der Waals surface area contributed by atoms with Crippen molar-refractivity contribution < 1.29 is 4.52 Å². The van der Waals surface area contributed by atoms with Crippen molar-refractivity contribution in [3.05, 3.63) is 32.5 Å². The van der Waals surface area contributed by atoms with Crippen LogP contribution >= 0.6 is 39.7 Å². The Hall–Kier alpha value is -0.470. The van der Waals surface area contributed by atoms with Gasteiger partial charge in [0.25, 0.3) is 0 Å². The fraction of sp³-hybridized carbons (Fsp3) is 0.538. The fourth-order valence-corrected chi connectivity index (χ4v) is 3.77. The van der Waals surface area contributed by atoms with E-state index in [0.717, 1.165) is 48.7 Å². The van der Waals surface area contributed by atoms with Gasteiger partial charge < -0.3 is 9.84 Å². The zero-order chi connectivity index (χ0) is 13.9. The summed E-state index contributed by atoms with van der Waals surface area (Å²) in [5, 5.41) is 9.60. The minimum Gasteiger partial charge on any atom is -0.339 e. The summed E-state index contributed by atoms with van der Waals surface area (Å²) in [6.45, 7) is 2.91. The highest BCUT2D eigenvalue weighted by atomic mass is 79.9. The fourth-order valence-electron chi connectivity index (χ4n) is 2.31. The molecule has 2 aromatic rings. The number of nitrogens with zero attached hydrogens (tertiary/aromatic N) is 3. The maximum atomic E-state index is 5.37. The molecule has 8 heteroatoms. The summed E-state index contributed by atoms with van der Waals surface area (Å²) in [5.74, 6) is 1.52. The molecule has 0 radical (unpaired) electrons. The van der Waals surface area contributed by atoms with E-state index in [1.165, 1.54) is 4.88 Å². The second-order valence-electron chi connectivity index (χ2n) is 4.98. The summed E-state index contributed by atoms with van der Waals surface area (Å²) in [6.07, 6.45) is 1.74. The molecule has 0 aromatic carbocycles. The molecule has 1 saturated heterocycles. The number of aryl methyl sites for hydroxylation is 2. The van der Waals surface area contributed by atoms with Gasteiger partial charge in [-0.25, -0.2) is 0 Å². The molecular formula is C13H18BrClN4OS. The number of piperazine rings is 1. The zero-order valence-corrected chi connectivity index (χ0v) is 14.9. The summed E-state index contributed by atoms with van der Waals surface area (Å²) in [7, 11) is 2.10. The minimum absolute atomic E-state index is 0. The first-order valence-electron chi connectivity index (χ1n) is 6.69. The van der Waals surface area contributed by atoms with E-state index in [1.807, 2.05) is 0 Å². The number of hydrogen-bond acceptors (Lipinski definition) is 6. The second-order valence-corrected chi connectivity index (χ2v) is 6.89. The third-order valence-electron chi connectivity index (χ3n) is 3.50. The Morgan fingerprint density at radius 3 is 3.10 bits per heavy atom. The molecule has 3 heterocycles. The Balaban J connectivity index is 0.00000161. The first kappa shape index (κ1) is 16.9. The predicted octanol–water partition coefficient (Wildman–Crippen LogP) is 2.68. The molecule has 116 valence electrons. The lowest BCUT2D eigenvalue weighted by molar-refractivity contribution is 0.190. The van der Waals surface area contributed by atoms with Crippen LogP contribution in [-0.2, 0) is 12.8 Å². The molecule has 21 heavy (non-hydrogen) atoms. The first-order chi connectivity index (χ1) is 9.72. The van der Waals surface area contributed by atoms with Crippen LogP contribution in [0.1, 0.15) is 22.6 Å². The van der Waals surface area contributed by atoms with E-state index >= 15 is 0 Å². The van der Waals surface area contributed by atoms with E-state index in [-0.39, 0.29) is 18.4 Å². The lowest BCUT2D eigenvalue weighted by atomic mass is 10.2. The molecule has 2 aromatic heterocycles. The lowest BCUT2D eigenvalue weighted by Gasteiger charge is -2.30. The van der Waals surface area contributed by atoms with Crippen LogP contribution in [0, 0.1) is 0 Å². The Kier molecular flexibility index (Phi) is 6.19. The van der Waals surface area contributed by atoms with Gasteiger partial charge in [-0.2, -0.15) is 4.98 Å². The van der Waals surface area contributed by atoms with Crippen molar-refractivity contribution in [2.24, 2.45) is 0 Å². The Morgan fingerprint density at radius 2 is 2.38 bits per heavy atom. The minimum atomic E-state index is 0. The van der Waals surface area contributed by atoms with Gasteiger partial charge in [-0.15, -0.1) is 23.7 Å². The first-order valence-corrected chi connectivity index (χ1v) is 8.36. The lowest BCUT2D eigenvalue weighted by Crippen LogP contribution is -2.44. The van der Waals surface area contributed by atoms with Crippen LogP contribution in [0.3, 0.4) is 0 Å². The van der Waals surface area contributed by atoms with E-state index in [0.29, 0.717) is 0 Å². The van der Waals surface area contributed by atoms with E-state index in [2.05, 4.69) is 54.8 Å². The molecule has 1 unspecified atom stereocenters. The van der Waals surface area contributed by atoms with Gasteiger partial charge in [0.15, 0.2) is 5.82 Å². The molecule has 5 nitrogen and oxygen atoms in total. The highest BCUT2D eigenvalue weighted by molar-refractivity contribution is 9.10. The maximum absolute atomic E-state index is 5.37. The Morgan fingerprint density at radius 1 is 1.52 bits per heavy atom. The van der Waals surface area contributed by atoms with E-state index in [9.17, 15) is 0 Å². The largest absolute Gasteiger partial charge is 0.339 e. The maximum Gasteiger partial charge on any atom is 0.227 e. The number of halogens is 2. The quantitative estimate of drug-likeness (QED) is 0.865. The summed E-state index contributed by atoms with van der Waals surface area (Å²) >= 11 is 5.22. The molecule has 1 N–H and O–H groups in total. The van der Waals surface area contributed by atoms with Crippen LogP contribution in [-0.4, -0.2) is 41.7 Å². The summed E-state index contributed by atoms with van der Waals surface area (Å²) in [5.41, 5.74) is 0. The molecule has 1 aliphatic rings. The average molecular weight is 394 g/mol. The van der Waals surface area contributed by atoms with Gasteiger partial charge in [-0.1, -0.05) is 5.16 Å². The molecule has 0 bridgehead atoms. The smallest absolute Gasteiger partial charge is 0.227 e. The molecule has 0 aliphatic carbocycles. The van der Waals surface area contributed by atoms with E-state index in [4.69, 9.17) is 4.52 Å². The van der Waals surface area contributed by atoms with Gasteiger partial charge in [0.1, 0.15) is 0 Å². The van der Waals surface area contributed by atoms with Gasteiger partial charge in [0.2, 0.25) is 5.89 Å². The third-order valence-corrected chi connectivity index (χ3v) is 5.26. The predicted molar refractivity (Wildman–Crippen MR) is 89.2 cm³/mol. The van der Waals surface area contributed by atoms with Crippen LogP contribution < -0.4 is 5.32 Å². The number of rotatable bonds is 4. The normalized spacial score (nSPS) is 19.4. The van der Waals surface area contributed by atoms with Crippen LogP contribution in [0.5, 0.6) is 0 Å². The molecule has 1 atom stereocenters. The number of aromatic nitrogens is 2. The van der Waals surface area contributed by atoms with Gasteiger partial charge in [0, 0.05) is 40.8 Å². The number of likely N-dealkylation sites (N-methyl/N-ethyl adjacent to an activating group) is 1. The average Bonchev–Trinajstić information content (AvgIpc) is 3.06. The molecule has 1 fully saturated rings. The van der Waals surface area contributed by atoms with Crippen molar-refractivity contribution in [1.29, 1.82) is 0 Å². The van der Waals surface area contributed by atoms with Gasteiger partial charge in [-0.05, 0) is 35.5 Å². The number of nitrogens with one attached hydrogen (secondary N) is 1. The SMILES string of the molecule is CN1CCNCC1c1noc(CCc2cc(Br)cs2)n1.Cl. The van der Waals surface area contributed by atoms with Crippen LogP contribution in [0.15, 0.2) is 20.4 Å². The van der Waals surface area contributed by atoms with Crippen molar-refractivity contribution >= 4 is 39.7 Å². The van der Waals surface area contributed by atoms with Crippen molar-refractivity contribution in [3.8, 4) is 0 Å². The van der Waals surface area contributed by atoms with Crippen LogP contribution in [0.4, 0.5) is 0 Å². The summed E-state index contributed by atoms with van der Waals surface area (Å²) < 4.78 is 6.51. The summed E-state index contributed by atoms with van der Waals surface area (Å²) in [6, 6.07) is 2.36. The van der Waals surface area contributed by atoms with Gasteiger partial charge >= 0.3 is 0 Å². The van der Waals surface area contributed by atoms with Crippen LogP contribution in [0.25, 0.3) is 0 Å². The zero-order valence-electron chi connectivity index (χ0n) is 11.7. The molecule has 0 saturated carbocycles. The van der Waals surface area contributed by atoms with E-state index < -0.39 is 0 Å².